The maximum Gasteiger partial charge on any atom is 0.350 e. The minimum Gasteiger partial charge on any atom is -0.383 e. The SMILES string of the molecule is [N-]=[N+]=NCC[C@H](Cn1ccc(N)nc1=O)OCP(=O)(O)O. The zero-order chi connectivity index (χ0) is 15.9. The molecule has 116 valence electrons. The Morgan fingerprint density at radius 3 is 2.90 bits per heavy atom. The van der Waals surface area contributed by atoms with E-state index in [0.29, 0.717) is 0 Å². The number of nitrogen functional groups attached to an aromatic ring is 1. The van der Waals surface area contributed by atoms with Gasteiger partial charge in [-0.3, -0.25) is 9.13 Å². The van der Waals surface area contributed by atoms with Gasteiger partial charge in [0.05, 0.1) is 12.6 Å². The van der Waals surface area contributed by atoms with E-state index in [-0.39, 0.29) is 25.3 Å². The Morgan fingerprint density at radius 2 is 2.33 bits per heavy atom. The molecule has 0 spiro atoms. The molecule has 21 heavy (non-hydrogen) atoms. The number of nitrogens with zero attached hydrogens (tertiary/aromatic N) is 5. The first-order valence-electron chi connectivity index (χ1n) is 5.82. The van der Waals surface area contributed by atoms with E-state index in [2.05, 4.69) is 15.0 Å². The third-order valence-electron chi connectivity index (χ3n) is 2.39. The quantitative estimate of drug-likeness (QED) is 0.262. The molecule has 0 saturated carbocycles. The normalized spacial score (nSPS) is 12.7. The molecule has 1 aromatic heterocycles. The summed E-state index contributed by atoms with van der Waals surface area (Å²) in [4.78, 5) is 35.3. The number of hydrogen-bond acceptors (Lipinski definition) is 6. The molecule has 1 aromatic rings. The van der Waals surface area contributed by atoms with Gasteiger partial charge in [-0.25, -0.2) is 4.79 Å². The summed E-state index contributed by atoms with van der Waals surface area (Å²) in [5.74, 6) is 0.0676. The Kier molecular flexibility index (Phi) is 6.35. The standard InChI is InChI=1S/C9H15N6O5P/c10-8-2-4-15(9(16)13-8)5-7(1-3-12-14-11)20-6-21(17,18)19/h2,4,7H,1,3,5-6H2,(H2,10,13,16)(H2,17,18,19)/t7-/m1/s1. The molecule has 0 aliphatic rings. The van der Waals surface area contributed by atoms with Crippen LogP contribution in [0.4, 0.5) is 5.82 Å². The average Bonchev–Trinajstić information content (AvgIpc) is 2.38. The number of azide groups is 1. The van der Waals surface area contributed by atoms with Crippen molar-refractivity contribution in [2.24, 2.45) is 5.11 Å². The summed E-state index contributed by atoms with van der Waals surface area (Å²) < 4.78 is 17.1. The molecule has 0 aliphatic carbocycles. The van der Waals surface area contributed by atoms with Crippen molar-refractivity contribution < 1.29 is 19.1 Å². The van der Waals surface area contributed by atoms with Crippen molar-refractivity contribution in [2.75, 3.05) is 18.6 Å². The van der Waals surface area contributed by atoms with Crippen molar-refractivity contribution in [1.82, 2.24) is 9.55 Å². The Balaban J connectivity index is 2.77. The van der Waals surface area contributed by atoms with Crippen LogP contribution in [0, 0.1) is 0 Å². The lowest BCUT2D eigenvalue weighted by molar-refractivity contribution is 0.0568. The van der Waals surface area contributed by atoms with Gasteiger partial charge in [0, 0.05) is 17.7 Å². The largest absolute Gasteiger partial charge is 0.383 e. The monoisotopic (exact) mass is 318 g/mol. The minimum atomic E-state index is -4.33. The van der Waals surface area contributed by atoms with Gasteiger partial charge in [-0.1, -0.05) is 5.11 Å². The summed E-state index contributed by atoms with van der Waals surface area (Å²) in [5.41, 5.74) is 13.0. The van der Waals surface area contributed by atoms with Crippen LogP contribution in [0.15, 0.2) is 22.2 Å². The number of ether oxygens (including phenoxy) is 1. The molecule has 0 fully saturated rings. The molecule has 1 rings (SSSR count). The van der Waals surface area contributed by atoms with E-state index in [9.17, 15) is 9.36 Å². The van der Waals surface area contributed by atoms with Crippen LogP contribution >= 0.6 is 7.60 Å². The van der Waals surface area contributed by atoms with Crippen LogP contribution in [-0.2, 0) is 15.8 Å². The van der Waals surface area contributed by atoms with Gasteiger partial charge in [0.25, 0.3) is 0 Å². The second-order valence-electron chi connectivity index (χ2n) is 4.11. The molecule has 12 heteroatoms. The molecular weight excluding hydrogens is 303 g/mol. The summed E-state index contributed by atoms with van der Waals surface area (Å²) >= 11 is 0. The fraction of sp³-hybridized carbons (Fsp3) is 0.556. The molecule has 1 atom stereocenters. The predicted molar refractivity (Wildman–Crippen MR) is 73.3 cm³/mol. The number of rotatable bonds is 8. The van der Waals surface area contributed by atoms with Gasteiger partial charge in [-0.05, 0) is 18.0 Å². The molecule has 0 aromatic carbocycles. The van der Waals surface area contributed by atoms with Crippen LogP contribution in [0.1, 0.15) is 6.42 Å². The highest BCUT2D eigenvalue weighted by Crippen LogP contribution is 2.34. The lowest BCUT2D eigenvalue weighted by Gasteiger charge is -2.18. The second-order valence-corrected chi connectivity index (χ2v) is 5.70. The van der Waals surface area contributed by atoms with Crippen LogP contribution < -0.4 is 11.4 Å². The molecule has 0 saturated heterocycles. The number of anilines is 1. The summed E-state index contributed by atoms with van der Waals surface area (Å²) in [6.45, 7) is 0.0759. The van der Waals surface area contributed by atoms with E-state index in [1.54, 1.807) is 0 Å². The van der Waals surface area contributed by atoms with Crippen molar-refractivity contribution in [3.8, 4) is 0 Å². The smallest absolute Gasteiger partial charge is 0.350 e. The lowest BCUT2D eigenvalue weighted by atomic mass is 10.2. The Morgan fingerprint density at radius 1 is 1.62 bits per heavy atom. The van der Waals surface area contributed by atoms with Crippen LogP contribution in [-0.4, -0.2) is 38.3 Å². The first-order valence-corrected chi connectivity index (χ1v) is 7.61. The zero-order valence-electron chi connectivity index (χ0n) is 10.9. The number of nitrogens with two attached hydrogens (primary N) is 1. The van der Waals surface area contributed by atoms with Crippen LogP contribution in [0.3, 0.4) is 0 Å². The van der Waals surface area contributed by atoms with Crippen LogP contribution in [0.25, 0.3) is 10.4 Å². The zero-order valence-corrected chi connectivity index (χ0v) is 11.8. The summed E-state index contributed by atoms with van der Waals surface area (Å²) in [6, 6.07) is 1.41. The molecule has 0 aliphatic heterocycles. The lowest BCUT2D eigenvalue weighted by Crippen LogP contribution is -2.30. The van der Waals surface area contributed by atoms with Crippen LogP contribution in [0.5, 0.6) is 0 Å². The molecule has 1 heterocycles. The summed E-state index contributed by atoms with van der Waals surface area (Å²) in [7, 11) is -4.33. The van der Waals surface area contributed by atoms with Gasteiger partial charge in [0.15, 0.2) is 0 Å². The van der Waals surface area contributed by atoms with E-state index >= 15 is 0 Å². The van der Waals surface area contributed by atoms with Crippen molar-refractivity contribution in [2.45, 2.75) is 19.1 Å². The minimum absolute atomic E-state index is 0.00701. The van der Waals surface area contributed by atoms with Crippen molar-refractivity contribution >= 4 is 13.4 Å². The van der Waals surface area contributed by atoms with E-state index in [1.165, 1.54) is 16.8 Å². The average molecular weight is 318 g/mol. The molecule has 0 bridgehead atoms. The molecule has 0 unspecified atom stereocenters. The Bertz CT molecular complexity index is 621. The van der Waals surface area contributed by atoms with E-state index in [1.807, 2.05) is 0 Å². The fourth-order valence-corrected chi connectivity index (χ4v) is 1.88. The number of aromatic nitrogens is 2. The van der Waals surface area contributed by atoms with Gasteiger partial charge in [-0.2, -0.15) is 4.98 Å². The van der Waals surface area contributed by atoms with Crippen molar-refractivity contribution in [3.63, 3.8) is 0 Å². The topological polar surface area (TPSA) is 176 Å². The second kappa shape index (κ2) is 7.77. The van der Waals surface area contributed by atoms with Gasteiger partial charge in [-0.15, -0.1) is 0 Å². The van der Waals surface area contributed by atoms with Gasteiger partial charge < -0.3 is 20.3 Å². The molecule has 11 nitrogen and oxygen atoms in total. The van der Waals surface area contributed by atoms with Crippen molar-refractivity contribution in [3.05, 3.63) is 33.2 Å². The van der Waals surface area contributed by atoms with Crippen LogP contribution in [0.2, 0.25) is 0 Å². The first kappa shape index (κ1) is 17.2. The van der Waals surface area contributed by atoms with E-state index < -0.39 is 25.7 Å². The fourth-order valence-electron chi connectivity index (χ4n) is 1.48. The van der Waals surface area contributed by atoms with E-state index in [4.69, 9.17) is 25.8 Å². The molecular formula is C9H15N6O5P. The van der Waals surface area contributed by atoms with Crippen molar-refractivity contribution in [1.29, 1.82) is 0 Å². The molecule has 4 N–H and O–H groups in total. The Labute approximate surface area is 119 Å². The molecule has 0 amide bonds. The third kappa shape index (κ3) is 6.89. The highest BCUT2D eigenvalue weighted by molar-refractivity contribution is 7.51. The highest BCUT2D eigenvalue weighted by atomic mass is 31.2. The van der Waals surface area contributed by atoms with Gasteiger partial charge >= 0.3 is 13.3 Å². The maximum absolute atomic E-state index is 11.6. The summed E-state index contributed by atoms with van der Waals surface area (Å²) in [5, 5.41) is 3.32. The highest BCUT2D eigenvalue weighted by Gasteiger charge is 2.18. The number of hydrogen-bond donors (Lipinski definition) is 3. The molecule has 0 radical (unpaired) electrons. The summed E-state index contributed by atoms with van der Waals surface area (Å²) in [6.07, 6.45) is 0.0872. The van der Waals surface area contributed by atoms with E-state index in [0.717, 1.165) is 0 Å². The van der Waals surface area contributed by atoms with Gasteiger partial charge in [0.2, 0.25) is 0 Å². The Hall–Kier alpha value is -1.90. The maximum atomic E-state index is 11.6. The van der Waals surface area contributed by atoms with Gasteiger partial charge in [0.1, 0.15) is 12.2 Å². The third-order valence-corrected chi connectivity index (χ3v) is 2.87. The first-order chi connectivity index (χ1) is 9.81. The predicted octanol–water partition coefficient (Wildman–Crippen LogP) is 0.0463.